The van der Waals surface area contributed by atoms with Gasteiger partial charge in [-0.3, -0.25) is 0 Å². The van der Waals surface area contributed by atoms with Gasteiger partial charge in [0.15, 0.2) is 0 Å². The molecule has 1 aromatic carbocycles. The van der Waals surface area contributed by atoms with Crippen molar-refractivity contribution in [3.8, 4) is 0 Å². The first kappa shape index (κ1) is 12.1. The van der Waals surface area contributed by atoms with E-state index in [1.807, 2.05) is 4.72 Å². The average molecular weight is 235 g/mol. The summed E-state index contributed by atoms with van der Waals surface area (Å²) in [7, 11) is -3.81. The summed E-state index contributed by atoms with van der Waals surface area (Å²) < 4.78 is 49.2. The number of sulfonamides is 1. The van der Waals surface area contributed by atoms with E-state index in [0.717, 1.165) is 0 Å². The van der Waals surface area contributed by atoms with Crippen molar-refractivity contribution >= 4 is 10.0 Å². The Morgan fingerprint density at radius 2 is 1.67 bits per heavy atom. The normalized spacial score (nSPS) is 11.9. The van der Waals surface area contributed by atoms with Gasteiger partial charge in [-0.25, -0.2) is 21.9 Å². The fourth-order valence-corrected chi connectivity index (χ4v) is 2.21. The van der Waals surface area contributed by atoms with Crippen LogP contribution in [0.3, 0.4) is 0 Å². The molecule has 6 heteroatoms. The molecule has 0 aliphatic carbocycles. The fourth-order valence-electron chi connectivity index (χ4n) is 0.991. The molecule has 0 heterocycles. The van der Waals surface area contributed by atoms with Gasteiger partial charge in [0.25, 0.3) is 0 Å². The fraction of sp³-hybridized carbons (Fsp3) is 0.333. The van der Waals surface area contributed by atoms with E-state index in [-0.39, 0.29) is 4.90 Å². The summed E-state index contributed by atoms with van der Waals surface area (Å²) in [5.74, 6) is 0. The Balaban J connectivity index is 2.85. The SMILES string of the molecule is O=S(=O)(NC(CF)CF)c1ccccc1. The molecule has 0 bridgehead atoms. The lowest BCUT2D eigenvalue weighted by Crippen LogP contribution is -2.37. The van der Waals surface area contributed by atoms with Crippen LogP contribution in [0.5, 0.6) is 0 Å². The van der Waals surface area contributed by atoms with Crippen LogP contribution in [0.25, 0.3) is 0 Å². The Morgan fingerprint density at radius 3 is 2.13 bits per heavy atom. The number of alkyl halides is 2. The second-order valence-corrected chi connectivity index (χ2v) is 4.65. The summed E-state index contributed by atoms with van der Waals surface area (Å²) in [4.78, 5) is -0.00287. The zero-order valence-electron chi connectivity index (χ0n) is 7.86. The Labute approximate surface area is 87.2 Å². The van der Waals surface area contributed by atoms with Crippen LogP contribution in [-0.4, -0.2) is 27.8 Å². The van der Waals surface area contributed by atoms with Crippen molar-refractivity contribution in [3.05, 3.63) is 30.3 Å². The maximum atomic E-state index is 12.1. The third-order valence-electron chi connectivity index (χ3n) is 1.75. The Hall–Kier alpha value is -1.01. The first-order valence-electron chi connectivity index (χ1n) is 4.29. The third kappa shape index (κ3) is 3.24. The van der Waals surface area contributed by atoms with Crippen molar-refractivity contribution < 1.29 is 17.2 Å². The van der Waals surface area contributed by atoms with Gasteiger partial charge in [-0.05, 0) is 12.1 Å². The van der Waals surface area contributed by atoms with Crippen molar-refractivity contribution in [2.24, 2.45) is 0 Å². The smallest absolute Gasteiger partial charge is 0.240 e. The van der Waals surface area contributed by atoms with E-state index in [2.05, 4.69) is 0 Å². The molecule has 0 unspecified atom stereocenters. The molecule has 84 valence electrons. The van der Waals surface area contributed by atoms with Gasteiger partial charge in [-0.1, -0.05) is 18.2 Å². The predicted octanol–water partition coefficient (Wildman–Crippen LogP) is 1.27. The lowest BCUT2D eigenvalue weighted by Gasteiger charge is -2.11. The minimum Gasteiger partial charge on any atom is -0.249 e. The van der Waals surface area contributed by atoms with Crippen molar-refractivity contribution in [2.45, 2.75) is 10.9 Å². The second-order valence-electron chi connectivity index (χ2n) is 2.94. The van der Waals surface area contributed by atoms with Crippen molar-refractivity contribution in [2.75, 3.05) is 13.3 Å². The van der Waals surface area contributed by atoms with E-state index in [4.69, 9.17) is 0 Å². The minimum atomic E-state index is -3.81. The molecule has 0 aliphatic rings. The maximum Gasteiger partial charge on any atom is 0.240 e. The molecular weight excluding hydrogens is 224 g/mol. The number of rotatable bonds is 5. The highest BCUT2D eigenvalue weighted by Gasteiger charge is 2.19. The summed E-state index contributed by atoms with van der Waals surface area (Å²) in [5, 5.41) is 0. The van der Waals surface area contributed by atoms with E-state index >= 15 is 0 Å². The monoisotopic (exact) mass is 235 g/mol. The standard InChI is InChI=1S/C9H11F2NO2S/c10-6-8(7-11)12-15(13,14)9-4-2-1-3-5-9/h1-5,8,12H,6-7H2. The molecule has 0 aliphatic heterocycles. The second kappa shape index (κ2) is 5.18. The third-order valence-corrected chi connectivity index (χ3v) is 3.28. The summed E-state index contributed by atoms with van der Waals surface area (Å²) >= 11 is 0. The van der Waals surface area contributed by atoms with E-state index in [9.17, 15) is 17.2 Å². The number of nitrogens with one attached hydrogen (secondary N) is 1. The molecule has 0 radical (unpaired) electrons. The van der Waals surface area contributed by atoms with E-state index < -0.39 is 29.4 Å². The van der Waals surface area contributed by atoms with Gasteiger partial charge < -0.3 is 0 Å². The van der Waals surface area contributed by atoms with Crippen molar-refractivity contribution in [1.82, 2.24) is 4.72 Å². The van der Waals surface area contributed by atoms with Crippen LogP contribution in [0.2, 0.25) is 0 Å². The molecule has 1 N–H and O–H groups in total. The summed E-state index contributed by atoms with van der Waals surface area (Å²) in [6.07, 6.45) is 0. The molecule has 0 amide bonds. The van der Waals surface area contributed by atoms with Gasteiger partial charge in [-0.2, -0.15) is 0 Å². The van der Waals surface area contributed by atoms with Gasteiger partial charge in [-0.15, -0.1) is 0 Å². The summed E-state index contributed by atoms with van der Waals surface area (Å²) in [6, 6.07) is 6.13. The van der Waals surface area contributed by atoms with Gasteiger partial charge in [0.2, 0.25) is 10.0 Å². The van der Waals surface area contributed by atoms with Crippen molar-refractivity contribution in [1.29, 1.82) is 0 Å². The highest BCUT2D eigenvalue weighted by Crippen LogP contribution is 2.08. The van der Waals surface area contributed by atoms with Crippen LogP contribution in [0.4, 0.5) is 8.78 Å². The Morgan fingerprint density at radius 1 is 1.13 bits per heavy atom. The van der Waals surface area contributed by atoms with Gasteiger partial charge in [0, 0.05) is 0 Å². The molecule has 3 nitrogen and oxygen atoms in total. The lowest BCUT2D eigenvalue weighted by molar-refractivity contribution is 0.334. The first-order chi connectivity index (χ1) is 7.10. The summed E-state index contributed by atoms with van der Waals surface area (Å²) in [5.41, 5.74) is 0. The van der Waals surface area contributed by atoms with E-state index in [0.29, 0.717) is 0 Å². The lowest BCUT2D eigenvalue weighted by atomic mass is 10.4. The molecule has 0 aromatic heterocycles. The molecule has 0 fully saturated rings. The predicted molar refractivity (Wildman–Crippen MR) is 52.5 cm³/mol. The molecular formula is C9H11F2NO2S. The summed E-state index contributed by atoms with van der Waals surface area (Å²) in [6.45, 7) is -2.13. The molecule has 1 rings (SSSR count). The van der Waals surface area contributed by atoms with E-state index in [1.54, 1.807) is 6.07 Å². The van der Waals surface area contributed by atoms with Crippen LogP contribution in [-0.2, 0) is 10.0 Å². The van der Waals surface area contributed by atoms with Crippen molar-refractivity contribution in [3.63, 3.8) is 0 Å². The van der Waals surface area contributed by atoms with Gasteiger partial charge in [0.1, 0.15) is 13.3 Å². The highest BCUT2D eigenvalue weighted by molar-refractivity contribution is 7.89. The average Bonchev–Trinajstić information content (AvgIpc) is 2.27. The molecule has 0 saturated carbocycles. The minimum absolute atomic E-state index is 0.00287. The molecule has 0 saturated heterocycles. The maximum absolute atomic E-state index is 12.1. The quantitative estimate of drug-likeness (QED) is 0.835. The Kier molecular flexibility index (Phi) is 4.16. The molecule has 15 heavy (non-hydrogen) atoms. The van der Waals surface area contributed by atoms with Crippen LogP contribution in [0.15, 0.2) is 35.2 Å². The highest BCUT2D eigenvalue weighted by atomic mass is 32.2. The molecule has 0 spiro atoms. The first-order valence-corrected chi connectivity index (χ1v) is 5.78. The van der Waals surface area contributed by atoms with Crippen LogP contribution < -0.4 is 4.72 Å². The van der Waals surface area contributed by atoms with Crippen LogP contribution in [0, 0.1) is 0 Å². The molecule has 1 aromatic rings. The Bertz CT molecular complexity index is 390. The number of hydrogen-bond acceptors (Lipinski definition) is 2. The zero-order valence-corrected chi connectivity index (χ0v) is 8.68. The van der Waals surface area contributed by atoms with Crippen LogP contribution in [0.1, 0.15) is 0 Å². The molecule has 0 atom stereocenters. The number of halogens is 2. The number of hydrogen-bond donors (Lipinski definition) is 1. The number of benzene rings is 1. The topological polar surface area (TPSA) is 46.2 Å². The largest absolute Gasteiger partial charge is 0.249 e. The van der Waals surface area contributed by atoms with Gasteiger partial charge >= 0.3 is 0 Å². The van der Waals surface area contributed by atoms with E-state index in [1.165, 1.54) is 24.3 Å². The van der Waals surface area contributed by atoms with Gasteiger partial charge in [0.05, 0.1) is 10.9 Å². The van der Waals surface area contributed by atoms with Crippen LogP contribution >= 0.6 is 0 Å². The zero-order chi connectivity index (χ0) is 11.3.